The van der Waals surface area contributed by atoms with E-state index in [2.05, 4.69) is 41.5 Å². The first-order chi connectivity index (χ1) is 13.0. The van der Waals surface area contributed by atoms with Gasteiger partial charge in [-0.1, -0.05) is 62.0 Å². The molecule has 1 aliphatic heterocycles. The van der Waals surface area contributed by atoms with E-state index >= 15 is 0 Å². The van der Waals surface area contributed by atoms with E-state index in [0.717, 1.165) is 16.9 Å². The van der Waals surface area contributed by atoms with E-state index in [-0.39, 0.29) is 11.2 Å². The largest absolute Gasteiger partial charge is 0.497 e. The van der Waals surface area contributed by atoms with Crippen molar-refractivity contribution < 1.29 is 9.53 Å². The first kappa shape index (κ1) is 19.2. The van der Waals surface area contributed by atoms with Gasteiger partial charge in [0.1, 0.15) is 5.75 Å². The Bertz CT molecular complexity index is 843. The highest BCUT2D eigenvalue weighted by Gasteiger charge is 2.30. The molecule has 0 bridgehead atoms. The molecule has 2 aromatic carbocycles. The van der Waals surface area contributed by atoms with Gasteiger partial charge in [-0.25, -0.2) is 0 Å². The number of benzene rings is 2. The van der Waals surface area contributed by atoms with Crippen LogP contribution in [0.3, 0.4) is 0 Å². The normalized spacial score (nSPS) is 18.4. The molecule has 1 N–H and O–H groups in total. The fourth-order valence-electron chi connectivity index (χ4n) is 2.68. The van der Waals surface area contributed by atoms with Crippen LogP contribution in [-0.2, 0) is 11.2 Å². The smallest absolute Gasteiger partial charge is 0.239 e. The van der Waals surface area contributed by atoms with Gasteiger partial charge in [0.25, 0.3) is 0 Å². The van der Waals surface area contributed by atoms with E-state index in [1.54, 1.807) is 13.3 Å². The van der Waals surface area contributed by atoms with Crippen LogP contribution in [0.25, 0.3) is 0 Å². The molecule has 0 aliphatic carbocycles. The Labute approximate surface area is 163 Å². The van der Waals surface area contributed by atoms with Gasteiger partial charge in [-0.05, 0) is 41.2 Å². The van der Waals surface area contributed by atoms with Crippen molar-refractivity contribution >= 4 is 29.1 Å². The first-order valence-corrected chi connectivity index (χ1v) is 9.74. The number of thioether (sulfide) groups is 1. The van der Waals surface area contributed by atoms with Gasteiger partial charge in [0.15, 0.2) is 5.17 Å². The summed E-state index contributed by atoms with van der Waals surface area (Å²) in [6.45, 7) is 4.33. The average molecular weight is 382 g/mol. The van der Waals surface area contributed by atoms with Gasteiger partial charge in [0.05, 0.1) is 18.6 Å². The van der Waals surface area contributed by atoms with E-state index < -0.39 is 0 Å². The second-order valence-electron chi connectivity index (χ2n) is 6.62. The third-order valence-electron chi connectivity index (χ3n) is 4.32. The predicted molar refractivity (Wildman–Crippen MR) is 112 cm³/mol. The summed E-state index contributed by atoms with van der Waals surface area (Å²) in [7, 11) is 1.64. The van der Waals surface area contributed by atoms with Crippen molar-refractivity contribution in [3.05, 3.63) is 65.2 Å². The third-order valence-corrected chi connectivity index (χ3v) is 5.39. The molecule has 6 heteroatoms. The van der Waals surface area contributed by atoms with Crippen molar-refractivity contribution in [3.63, 3.8) is 0 Å². The molecule has 3 rings (SSSR count). The van der Waals surface area contributed by atoms with Crippen LogP contribution in [-0.4, -0.2) is 29.6 Å². The molecule has 1 fully saturated rings. The van der Waals surface area contributed by atoms with Crippen LogP contribution in [0.4, 0.5) is 0 Å². The topological polar surface area (TPSA) is 63.1 Å². The minimum atomic E-state index is -0.197. The molecule has 1 amide bonds. The molecule has 1 heterocycles. The van der Waals surface area contributed by atoms with Crippen LogP contribution in [0.15, 0.2) is 58.7 Å². The molecule has 140 valence electrons. The van der Waals surface area contributed by atoms with Gasteiger partial charge in [-0.2, -0.15) is 5.10 Å². The van der Waals surface area contributed by atoms with Crippen LogP contribution >= 0.6 is 11.8 Å². The van der Waals surface area contributed by atoms with Gasteiger partial charge in [-0.3, -0.25) is 4.79 Å². The monoisotopic (exact) mass is 381 g/mol. The first-order valence-electron chi connectivity index (χ1n) is 8.86. The van der Waals surface area contributed by atoms with Crippen molar-refractivity contribution in [2.45, 2.75) is 31.4 Å². The molecule has 2 aromatic rings. The van der Waals surface area contributed by atoms with Gasteiger partial charge in [-0.15, -0.1) is 5.10 Å². The number of carbonyl (C=O) groups excluding carboxylic acids is 1. The van der Waals surface area contributed by atoms with Crippen LogP contribution in [0, 0.1) is 0 Å². The lowest BCUT2D eigenvalue weighted by Crippen LogP contribution is -2.25. The lowest BCUT2D eigenvalue weighted by atomic mass is 10.0. The van der Waals surface area contributed by atoms with E-state index in [1.165, 1.54) is 17.3 Å². The highest BCUT2D eigenvalue weighted by molar-refractivity contribution is 8.15. The molecule has 0 saturated carbocycles. The summed E-state index contributed by atoms with van der Waals surface area (Å²) in [5.74, 6) is 1.27. The number of amides is 1. The summed E-state index contributed by atoms with van der Waals surface area (Å²) < 4.78 is 5.16. The van der Waals surface area contributed by atoms with E-state index in [9.17, 15) is 4.79 Å². The summed E-state index contributed by atoms with van der Waals surface area (Å²) in [5, 5.41) is 11.4. The standard InChI is InChI=1S/C21H23N3O2S/c1-14(2)17-8-4-16(5-9-17)13-22-24-21-23-20(25)19(27-21)12-15-6-10-18(26-3)11-7-15/h4-11,13-14,19H,12H2,1-3H3,(H,23,24,25)/b22-13-/t19-/m1/s1. The van der Waals surface area contributed by atoms with Crippen molar-refractivity contribution in [2.24, 2.45) is 10.2 Å². The fourth-order valence-corrected chi connectivity index (χ4v) is 3.64. The Hall–Kier alpha value is -2.60. The molecular weight excluding hydrogens is 358 g/mol. The number of hydrogen-bond donors (Lipinski definition) is 1. The maximum Gasteiger partial charge on any atom is 0.239 e. The number of ether oxygens (including phenoxy) is 1. The molecule has 5 nitrogen and oxygen atoms in total. The van der Waals surface area contributed by atoms with Gasteiger partial charge < -0.3 is 10.1 Å². The summed E-state index contributed by atoms with van der Waals surface area (Å²) in [6.07, 6.45) is 2.33. The lowest BCUT2D eigenvalue weighted by Gasteiger charge is -2.06. The molecule has 1 atom stereocenters. The minimum Gasteiger partial charge on any atom is -0.497 e. The highest BCUT2D eigenvalue weighted by Crippen LogP contribution is 2.24. The third kappa shape index (κ3) is 5.20. The number of methoxy groups -OCH3 is 1. The SMILES string of the molecule is COc1ccc(C[C@H]2S/C(=N/N=C\c3ccc(C(C)C)cc3)NC2=O)cc1. The van der Waals surface area contributed by atoms with Crippen molar-refractivity contribution in [1.29, 1.82) is 0 Å². The average Bonchev–Trinajstić information content (AvgIpc) is 3.02. The van der Waals surface area contributed by atoms with Crippen molar-refractivity contribution in [2.75, 3.05) is 7.11 Å². The minimum absolute atomic E-state index is 0.0361. The Morgan fingerprint density at radius 3 is 2.48 bits per heavy atom. The Morgan fingerprint density at radius 1 is 1.15 bits per heavy atom. The number of amidine groups is 1. The Balaban J connectivity index is 1.58. The zero-order valence-corrected chi connectivity index (χ0v) is 16.5. The maximum atomic E-state index is 12.2. The molecule has 0 unspecified atom stereocenters. The van der Waals surface area contributed by atoms with Gasteiger partial charge >= 0.3 is 0 Å². The number of carbonyl (C=O) groups is 1. The molecule has 1 aliphatic rings. The summed E-state index contributed by atoms with van der Waals surface area (Å²) in [4.78, 5) is 12.2. The Kier molecular flexibility index (Phi) is 6.29. The maximum absolute atomic E-state index is 12.2. The molecule has 0 spiro atoms. The van der Waals surface area contributed by atoms with Gasteiger partial charge in [0.2, 0.25) is 5.91 Å². The fraction of sp³-hybridized carbons (Fsp3) is 0.286. The van der Waals surface area contributed by atoms with Crippen LogP contribution in [0.2, 0.25) is 0 Å². The molecular formula is C21H23N3O2S. The van der Waals surface area contributed by atoms with E-state index in [1.807, 2.05) is 36.4 Å². The predicted octanol–water partition coefficient (Wildman–Crippen LogP) is 3.98. The molecule has 1 saturated heterocycles. The second-order valence-corrected chi connectivity index (χ2v) is 7.81. The Morgan fingerprint density at radius 2 is 1.85 bits per heavy atom. The van der Waals surface area contributed by atoms with Crippen LogP contribution in [0.1, 0.15) is 36.5 Å². The number of hydrogen-bond acceptors (Lipinski definition) is 5. The van der Waals surface area contributed by atoms with Crippen LogP contribution < -0.4 is 10.1 Å². The molecule has 27 heavy (non-hydrogen) atoms. The van der Waals surface area contributed by atoms with Crippen molar-refractivity contribution in [1.82, 2.24) is 5.32 Å². The number of nitrogens with zero attached hydrogens (tertiary/aromatic N) is 2. The zero-order valence-electron chi connectivity index (χ0n) is 15.7. The summed E-state index contributed by atoms with van der Waals surface area (Å²) in [6, 6.07) is 16.0. The molecule has 0 radical (unpaired) electrons. The van der Waals surface area contributed by atoms with Crippen LogP contribution in [0.5, 0.6) is 5.75 Å². The number of nitrogens with one attached hydrogen (secondary N) is 1. The summed E-state index contributed by atoms with van der Waals surface area (Å²) >= 11 is 1.41. The number of rotatable bonds is 6. The zero-order chi connectivity index (χ0) is 19.2. The lowest BCUT2D eigenvalue weighted by molar-refractivity contribution is -0.118. The van der Waals surface area contributed by atoms with E-state index in [0.29, 0.717) is 17.5 Å². The second kappa shape index (κ2) is 8.86. The quantitative estimate of drug-likeness (QED) is 0.608. The van der Waals surface area contributed by atoms with Gasteiger partial charge in [0, 0.05) is 0 Å². The highest BCUT2D eigenvalue weighted by atomic mass is 32.2. The molecule has 0 aromatic heterocycles. The van der Waals surface area contributed by atoms with Crippen molar-refractivity contribution in [3.8, 4) is 5.75 Å². The van der Waals surface area contributed by atoms with E-state index in [4.69, 9.17) is 4.74 Å². The summed E-state index contributed by atoms with van der Waals surface area (Å²) in [5.41, 5.74) is 3.35.